The molecule has 3 heterocycles. The van der Waals surface area contributed by atoms with Gasteiger partial charge in [0.05, 0.1) is 11.1 Å². The minimum atomic E-state index is -4.52. The van der Waals surface area contributed by atoms with Crippen molar-refractivity contribution in [2.45, 2.75) is 6.18 Å². The number of halogens is 3. The predicted molar refractivity (Wildman–Crippen MR) is 126 cm³/mol. The number of rotatable bonds is 4. The summed E-state index contributed by atoms with van der Waals surface area (Å²) in [5.74, 6) is -0.992. The van der Waals surface area contributed by atoms with E-state index in [-0.39, 0.29) is 17.2 Å². The van der Waals surface area contributed by atoms with Crippen LogP contribution in [0.5, 0.6) is 0 Å². The van der Waals surface area contributed by atoms with Crippen LogP contribution >= 0.6 is 0 Å². The molecule has 0 spiro atoms. The lowest BCUT2D eigenvalue weighted by molar-refractivity contribution is -0.137. The van der Waals surface area contributed by atoms with E-state index in [1.54, 1.807) is 42.2 Å². The number of pyridine rings is 1. The number of nitrogens with zero attached hydrogens (tertiary/aromatic N) is 2. The van der Waals surface area contributed by atoms with Crippen molar-refractivity contribution in [2.24, 2.45) is 7.05 Å². The highest BCUT2D eigenvalue weighted by Gasteiger charge is 2.30. The van der Waals surface area contributed by atoms with Gasteiger partial charge in [-0.15, -0.1) is 0 Å². The van der Waals surface area contributed by atoms with Gasteiger partial charge >= 0.3 is 6.18 Å². The number of amides is 2. The van der Waals surface area contributed by atoms with Gasteiger partial charge in [-0.1, -0.05) is 12.1 Å². The molecule has 0 radical (unpaired) electrons. The lowest BCUT2D eigenvalue weighted by Gasteiger charge is -2.11. The molecular formula is C25H18F3N5O2. The zero-order valence-electron chi connectivity index (χ0n) is 18.3. The summed E-state index contributed by atoms with van der Waals surface area (Å²) in [5, 5.41) is 6.92. The van der Waals surface area contributed by atoms with Gasteiger partial charge in [0.15, 0.2) is 0 Å². The lowest BCUT2D eigenvalue weighted by atomic mass is 10.1. The highest BCUT2D eigenvalue weighted by Crippen LogP contribution is 2.31. The number of aromatic nitrogens is 3. The maximum Gasteiger partial charge on any atom is 0.416 e. The van der Waals surface area contributed by atoms with Crippen LogP contribution in [-0.2, 0) is 13.2 Å². The Hall–Kier alpha value is -4.60. The molecule has 2 amide bonds. The summed E-state index contributed by atoms with van der Waals surface area (Å²) in [4.78, 5) is 33.0. The topological polar surface area (TPSA) is 91.8 Å². The average molecular weight is 477 g/mol. The van der Waals surface area contributed by atoms with Crippen molar-refractivity contribution in [3.63, 3.8) is 0 Å². The molecule has 0 unspecified atom stereocenters. The van der Waals surface area contributed by atoms with Crippen LogP contribution in [-0.4, -0.2) is 26.3 Å². The second-order valence-corrected chi connectivity index (χ2v) is 7.96. The van der Waals surface area contributed by atoms with E-state index in [1.165, 1.54) is 24.3 Å². The van der Waals surface area contributed by atoms with Crippen molar-refractivity contribution < 1.29 is 22.8 Å². The largest absolute Gasteiger partial charge is 0.416 e. The first-order valence-electron chi connectivity index (χ1n) is 10.5. The van der Waals surface area contributed by atoms with Crippen LogP contribution in [0.2, 0.25) is 0 Å². The van der Waals surface area contributed by atoms with Gasteiger partial charge < -0.3 is 20.2 Å². The Morgan fingerprint density at radius 3 is 2.43 bits per heavy atom. The number of H-pyrrole nitrogens is 1. The number of aryl methyl sites for hydroxylation is 1. The van der Waals surface area contributed by atoms with Gasteiger partial charge in [0, 0.05) is 47.2 Å². The van der Waals surface area contributed by atoms with Crippen molar-refractivity contribution >= 4 is 45.1 Å². The minimum Gasteiger partial charge on any atom is -0.346 e. The number of fused-ring (bicyclic) bond motifs is 3. The number of anilines is 2. The van der Waals surface area contributed by atoms with Crippen LogP contribution in [0, 0.1) is 0 Å². The molecule has 0 aliphatic rings. The van der Waals surface area contributed by atoms with Crippen LogP contribution in [0.25, 0.3) is 21.9 Å². The summed E-state index contributed by atoms with van der Waals surface area (Å²) in [6.07, 6.45) is -1.06. The number of nitrogens with one attached hydrogen (secondary N) is 3. The van der Waals surface area contributed by atoms with Gasteiger partial charge in [0.25, 0.3) is 11.8 Å². The van der Waals surface area contributed by atoms with E-state index in [2.05, 4.69) is 20.6 Å². The Kier molecular flexibility index (Phi) is 5.28. The molecule has 0 aliphatic carbocycles. The molecule has 0 aliphatic heterocycles. The predicted octanol–water partition coefficient (Wildman–Crippen LogP) is 5.58. The summed E-state index contributed by atoms with van der Waals surface area (Å²) in [6.45, 7) is 0. The van der Waals surface area contributed by atoms with Crippen LogP contribution in [0.3, 0.4) is 0 Å². The third-order valence-electron chi connectivity index (χ3n) is 5.64. The SMILES string of the molecule is Cn1c(C(=O)Nc2cccc(C(=O)Nc3cccc(C(F)(F)F)c3)c2)cc2cnc3[nH]ccc3c21. The molecule has 2 aromatic carbocycles. The maximum atomic E-state index is 13.0. The Morgan fingerprint density at radius 1 is 0.943 bits per heavy atom. The third kappa shape index (κ3) is 4.21. The molecule has 0 fully saturated rings. The summed E-state index contributed by atoms with van der Waals surface area (Å²) >= 11 is 0. The fourth-order valence-corrected chi connectivity index (χ4v) is 3.98. The summed E-state index contributed by atoms with van der Waals surface area (Å²) in [6, 6.07) is 14.1. The molecular weight excluding hydrogens is 459 g/mol. The standard InChI is InChI=1S/C25H18F3N5O2/c1-33-20(11-15-13-30-22-19(21(15)33)8-9-29-22)24(35)32-17-6-2-4-14(10-17)23(34)31-18-7-3-5-16(12-18)25(26,27)28/h2-13H,1H3,(H,29,30)(H,31,34)(H,32,35). The van der Waals surface area contributed by atoms with Gasteiger partial charge in [-0.3, -0.25) is 9.59 Å². The molecule has 7 nitrogen and oxygen atoms in total. The second-order valence-electron chi connectivity index (χ2n) is 7.96. The molecule has 0 saturated heterocycles. The number of carbonyl (C=O) groups excluding carboxylic acids is 2. The molecule has 0 bridgehead atoms. The van der Waals surface area contributed by atoms with Crippen molar-refractivity contribution in [3.8, 4) is 0 Å². The van der Waals surface area contributed by atoms with Gasteiger partial charge in [0.2, 0.25) is 0 Å². The summed E-state index contributed by atoms with van der Waals surface area (Å²) in [7, 11) is 1.78. The van der Waals surface area contributed by atoms with E-state index in [0.717, 1.165) is 28.4 Å². The molecule has 5 aromatic rings. The highest BCUT2D eigenvalue weighted by atomic mass is 19.4. The smallest absolute Gasteiger partial charge is 0.346 e. The Bertz CT molecular complexity index is 1600. The molecule has 3 N–H and O–H groups in total. The third-order valence-corrected chi connectivity index (χ3v) is 5.64. The quantitative estimate of drug-likeness (QED) is 0.316. The minimum absolute atomic E-state index is 0.0134. The number of hydrogen-bond acceptors (Lipinski definition) is 3. The number of hydrogen-bond donors (Lipinski definition) is 3. The number of carbonyl (C=O) groups is 2. The Balaban J connectivity index is 1.36. The maximum absolute atomic E-state index is 13.0. The first-order valence-corrected chi connectivity index (χ1v) is 10.5. The Morgan fingerprint density at radius 2 is 1.66 bits per heavy atom. The van der Waals surface area contributed by atoms with Gasteiger partial charge in [-0.25, -0.2) is 4.98 Å². The number of aromatic amines is 1. The van der Waals surface area contributed by atoms with E-state index >= 15 is 0 Å². The van der Waals surface area contributed by atoms with Crippen LogP contribution in [0.15, 0.2) is 73.1 Å². The van der Waals surface area contributed by atoms with Gasteiger partial charge in [0.1, 0.15) is 11.3 Å². The zero-order valence-corrected chi connectivity index (χ0v) is 18.3. The van der Waals surface area contributed by atoms with Crippen molar-refractivity contribution in [3.05, 3.63) is 89.9 Å². The van der Waals surface area contributed by atoms with E-state index < -0.39 is 17.6 Å². The van der Waals surface area contributed by atoms with Crippen LogP contribution in [0.4, 0.5) is 24.5 Å². The zero-order chi connectivity index (χ0) is 24.7. The number of benzene rings is 2. The molecule has 35 heavy (non-hydrogen) atoms. The van der Waals surface area contributed by atoms with Crippen molar-refractivity contribution in [1.82, 2.24) is 14.5 Å². The first kappa shape index (κ1) is 22.2. The fraction of sp³-hybridized carbons (Fsp3) is 0.0800. The fourth-order valence-electron chi connectivity index (χ4n) is 3.98. The summed E-state index contributed by atoms with van der Waals surface area (Å²) < 4.78 is 40.6. The monoisotopic (exact) mass is 477 g/mol. The van der Waals surface area contributed by atoms with E-state index in [1.807, 2.05) is 6.07 Å². The first-order chi connectivity index (χ1) is 16.7. The van der Waals surface area contributed by atoms with Crippen LogP contribution < -0.4 is 10.6 Å². The van der Waals surface area contributed by atoms with Gasteiger partial charge in [-0.05, 0) is 48.5 Å². The van der Waals surface area contributed by atoms with E-state index in [9.17, 15) is 22.8 Å². The molecule has 10 heteroatoms. The van der Waals surface area contributed by atoms with Crippen molar-refractivity contribution in [1.29, 1.82) is 0 Å². The molecule has 0 saturated carbocycles. The van der Waals surface area contributed by atoms with Crippen LogP contribution in [0.1, 0.15) is 26.4 Å². The Labute approximate surface area is 196 Å². The van der Waals surface area contributed by atoms with Crippen molar-refractivity contribution in [2.75, 3.05) is 10.6 Å². The average Bonchev–Trinajstić information content (AvgIpc) is 3.43. The molecule has 5 rings (SSSR count). The van der Waals surface area contributed by atoms with Gasteiger partial charge in [-0.2, -0.15) is 13.2 Å². The second kappa shape index (κ2) is 8.32. The molecule has 0 atom stereocenters. The van der Waals surface area contributed by atoms with E-state index in [4.69, 9.17) is 0 Å². The summed E-state index contributed by atoms with van der Waals surface area (Å²) in [5.41, 5.74) is 1.66. The highest BCUT2D eigenvalue weighted by molar-refractivity contribution is 6.11. The molecule has 3 aromatic heterocycles. The van der Waals surface area contributed by atoms with E-state index in [0.29, 0.717) is 17.0 Å². The molecule has 176 valence electrons. The number of alkyl halides is 3. The normalized spacial score (nSPS) is 11.7. The lowest BCUT2D eigenvalue weighted by Crippen LogP contribution is -2.17.